The van der Waals surface area contributed by atoms with E-state index in [0.29, 0.717) is 21.8 Å². The van der Waals surface area contributed by atoms with Crippen LogP contribution in [0.1, 0.15) is 10.5 Å². The summed E-state index contributed by atoms with van der Waals surface area (Å²) < 4.78 is 61.0. The van der Waals surface area contributed by atoms with Crippen molar-refractivity contribution in [2.24, 2.45) is 0 Å². The number of nitrogens with one attached hydrogen (secondary N) is 1. The predicted octanol–water partition coefficient (Wildman–Crippen LogP) is 5.27. The Bertz CT molecular complexity index is 1750. The number of H-pyrrole nitrogens is 1. The molecule has 182 valence electrons. The fourth-order valence-electron chi connectivity index (χ4n) is 4.06. The van der Waals surface area contributed by atoms with E-state index in [2.05, 4.69) is 9.97 Å². The molecule has 5 rings (SSSR count). The molecule has 0 aliphatic carbocycles. The van der Waals surface area contributed by atoms with E-state index in [1.165, 1.54) is 56.6 Å². The molecule has 0 atom stereocenters. The number of pyridine rings is 1. The molecule has 1 N–H and O–H groups in total. The van der Waals surface area contributed by atoms with Gasteiger partial charge in [-0.2, -0.15) is 0 Å². The van der Waals surface area contributed by atoms with Gasteiger partial charge in [0.2, 0.25) is 0 Å². The van der Waals surface area contributed by atoms with Crippen molar-refractivity contribution in [3.05, 3.63) is 90.1 Å². The Kier molecular flexibility index (Phi) is 5.68. The second-order valence-corrected chi connectivity index (χ2v) is 10.0. The van der Waals surface area contributed by atoms with E-state index in [-0.39, 0.29) is 27.5 Å². The zero-order chi connectivity index (χ0) is 25.6. The quantitative estimate of drug-likeness (QED) is 0.327. The number of ether oxygens (including phenoxy) is 1. The van der Waals surface area contributed by atoms with Gasteiger partial charge in [-0.25, -0.2) is 27.0 Å². The number of sulfonamides is 1. The first-order chi connectivity index (χ1) is 17.2. The Labute approximate surface area is 205 Å². The molecule has 36 heavy (non-hydrogen) atoms. The average molecular weight is 508 g/mol. The highest BCUT2D eigenvalue weighted by molar-refractivity contribution is 7.92. The second kappa shape index (κ2) is 8.72. The number of fused-ring (bicyclic) bond motifs is 3. The first kappa shape index (κ1) is 23.4. The number of nitrogens with zero attached hydrogens (tertiary/aromatic N) is 2. The number of benzene rings is 3. The topological polar surface area (TPSA) is 92.4 Å². The van der Waals surface area contributed by atoms with Crippen molar-refractivity contribution in [2.75, 3.05) is 18.5 Å². The number of hydrogen-bond acceptors (Lipinski definition) is 5. The summed E-state index contributed by atoms with van der Waals surface area (Å²) in [6, 6.07) is 17.3. The molecule has 0 saturated carbocycles. The summed E-state index contributed by atoms with van der Waals surface area (Å²) in [5.74, 6) is -1.95. The third-order valence-corrected chi connectivity index (χ3v) is 7.72. The number of carbonyl (C=O) groups is 1. The molecule has 2 aromatic heterocycles. The lowest BCUT2D eigenvalue weighted by atomic mass is 10.1. The Morgan fingerprint density at radius 3 is 2.42 bits per heavy atom. The zero-order valence-electron chi connectivity index (χ0n) is 19.1. The van der Waals surface area contributed by atoms with Gasteiger partial charge in [-0.1, -0.05) is 18.2 Å². The molecule has 0 fully saturated rings. The third kappa shape index (κ3) is 3.85. The first-order valence-electron chi connectivity index (χ1n) is 10.7. The third-order valence-electron chi connectivity index (χ3n) is 5.92. The van der Waals surface area contributed by atoms with Crippen LogP contribution in [0.2, 0.25) is 0 Å². The molecule has 0 amide bonds. The Morgan fingerprint density at radius 1 is 0.972 bits per heavy atom. The first-order valence-corrected chi connectivity index (χ1v) is 12.2. The molecule has 0 spiro atoms. The van der Waals surface area contributed by atoms with Gasteiger partial charge in [-0.05, 0) is 54.6 Å². The minimum atomic E-state index is -3.92. The molecule has 0 radical (unpaired) electrons. The summed E-state index contributed by atoms with van der Waals surface area (Å²) in [4.78, 5) is 19.7. The summed E-state index contributed by atoms with van der Waals surface area (Å²) in [7, 11) is -1.38. The molecular formula is C26H19F2N3O4S. The molecule has 7 nitrogen and oxygen atoms in total. The fraction of sp³-hybridized carbons (Fsp3) is 0.0769. The molecule has 0 bridgehead atoms. The summed E-state index contributed by atoms with van der Waals surface area (Å²) >= 11 is 0. The number of aromatic amines is 1. The molecule has 5 aromatic rings. The van der Waals surface area contributed by atoms with Crippen LogP contribution in [-0.4, -0.2) is 38.5 Å². The van der Waals surface area contributed by atoms with Gasteiger partial charge in [0.05, 0.1) is 28.9 Å². The largest absolute Gasteiger partial charge is 0.464 e. The van der Waals surface area contributed by atoms with E-state index in [1.54, 1.807) is 24.3 Å². The van der Waals surface area contributed by atoms with Crippen LogP contribution in [-0.2, 0) is 14.8 Å². The van der Waals surface area contributed by atoms with Crippen LogP contribution in [0.5, 0.6) is 0 Å². The van der Waals surface area contributed by atoms with E-state index in [4.69, 9.17) is 4.74 Å². The van der Waals surface area contributed by atoms with Crippen molar-refractivity contribution >= 4 is 43.5 Å². The van der Waals surface area contributed by atoms with E-state index in [0.717, 1.165) is 10.4 Å². The van der Waals surface area contributed by atoms with Gasteiger partial charge in [-0.3, -0.25) is 4.31 Å². The van der Waals surface area contributed by atoms with Gasteiger partial charge >= 0.3 is 5.97 Å². The highest BCUT2D eigenvalue weighted by atomic mass is 32.2. The van der Waals surface area contributed by atoms with Gasteiger partial charge in [-0.15, -0.1) is 0 Å². The van der Waals surface area contributed by atoms with Crippen molar-refractivity contribution in [3.8, 4) is 11.3 Å². The Morgan fingerprint density at radius 2 is 1.72 bits per heavy atom. The van der Waals surface area contributed by atoms with Gasteiger partial charge in [0.25, 0.3) is 10.0 Å². The van der Waals surface area contributed by atoms with Crippen LogP contribution in [0.25, 0.3) is 33.1 Å². The Hall–Kier alpha value is -4.31. The summed E-state index contributed by atoms with van der Waals surface area (Å²) in [5, 5.41) is 1.15. The molecule has 0 aliphatic heterocycles. The number of halogens is 2. The SMILES string of the molecule is COC(=O)c1cc2c([nH]c3cc(F)ccc32)c(-c2ccc(N(C)S(=O)(=O)c3ccccc3)cc2F)n1. The number of hydrogen-bond donors (Lipinski definition) is 1. The average Bonchev–Trinajstić information content (AvgIpc) is 3.25. The molecule has 2 heterocycles. The minimum absolute atomic E-state index is 0.0204. The molecular weight excluding hydrogens is 488 g/mol. The fourth-order valence-corrected chi connectivity index (χ4v) is 5.27. The number of anilines is 1. The maximum atomic E-state index is 15.5. The lowest BCUT2D eigenvalue weighted by Crippen LogP contribution is -2.26. The van der Waals surface area contributed by atoms with Crippen molar-refractivity contribution in [2.45, 2.75) is 4.90 Å². The second-order valence-electron chi connectivity index (χ2n) is 8.03. The number of rotatable bonds is 5. The van der Waals surface area contributed by atoms with Crippen molar-refractivity contribution in [1.29, 1.82) is 0 Å². The smallest absolute Gasteiger partial charge is 0.356 e. The monoisotopic (exact) mass is 507 g/mol. The van der Waals surface area contributed by atoms with Crippen molar-refractivity contribution < 1.29 is 26.7 Å². The van der Waals surface area contributed by atoms with Crippen LogP contribution < -0.4 is 4.31 Å². The van der Waals surface area contributed by atoms with E-state index < -0.39 is 27.6 Å². The Balaban J connectivity index is 1.67. The van der Waals surface area contributed by atoms with Gasteiger partial charge in [0, 0.05) is 28.9 Å². The van der Waals surface area contributed by atoms with Crippen LogP contribution in [0.4, 0.5) is 14.5 Å². The van der Waals surface area contributed by atoms with E-state index >= 15 is 4.39 Å². The predicted molar refractivity (Wildman–Crippen MR) is 132 cm³/mol. The van der Waals surface area contributed by atoms with Crippen LogP contribution in [0.15, 0.2) is 77.7 Å². The van der Waals surface area contributed by atoms with Crippen molar-refractivity contribution in [3.63, 3.8) is 0 Å². The number of aromatic nitrogens is 2. The van der Waals surface area contributed by atoms with Gasteiger partial charge in [0.15, 0.2) is 0 Å². The highest BCUT2D eigenvalue weighted by Crippen LogP contribution is 2.35. The van der Waals surface area contributed by atoms with E-state index in [1.807, 2.05) is 0 Å². The van der Waals surface area contributed by atoms with Gasteiger partial charge in [0.1, 0.15) is 17.3 Å². The summed E-state index contributed by atoms with van der Waals surface area (Å²) in [5.41, 5.74) is 0.992. The highest BCUT2D eigenvalue weighted by Gasteiger charge is 2.24. The molecule has 10 heteroatoms. The molecule has 0 saturated heterocycles. The molecule has 0 aliphatic rings. The van der Waals surface area contributed by atoms with Crippen molar-refractivity contribution in [1.82, 2.24) is 9.97 Å². The maximum absolute atomic E-state index is 15.5. The lowest BCUT2D eigenvalue weighted by Gasteiger charge is -2.20. The lowest BCUT2D eigenvalue weighted by molar-refractivity contribution is 0.0594. The minimum Gasteiger partial charge on any atom is -0.464 e. The van der Waals surface area contributed by atoms with E-state index in [9.17, 15) is 17.6 Å². The normalized spacial score (nSPS) is 11.7. The van der Waals surface area contributed by atoms with Gasteiger partial charge < -0.3 is 9.72 Å². The van der Waals surface area contributed by atoms with Crippen LogP contribution >= 0.6 is 0 Å². The summed E-state index contributed by atoms with van der Waals surface area (Å²) in [6.07, 6.45) is 0. The number of esters is 1. The number of carbonyl (C=O) groups excluding carboxylic acids is 1. The zero-order valence-corrected chi connectivity index (χ0v) is 19.9. The molecule has 0 unspecified atom stereocenters. The maximum Gasteiger partial charge on any atom is 0.356 e. The van der Waals surface area contributed by atoms with Crippen LogP contribution in [0.3, 0.4) is 0 Å². The number of methoxy groups -OCH3 is 1. The van der Waals surface area contributed by atoms with Crippen LogP contribution in [0, 0.1) is 11.6 Å². The summed E-state index contributed by atoms with van der Waals surface area (Å²) in [6.45, 7) is 0. The standard InChI is InChI=1S/C26H19F2N3O4S/c1-31(36(33,34)17-6-4-3-5-7-17)16-9-11-19(21(28)13-16)24-25-20(14-23(30-24)26(32)35-2)18-10-8-15(27)12-22(18)29-25/h3-14,29H,1-2H3. The molecule has 3 aromatic carbocycles.